The SMILES string of the molecule is NCCCC[C@@H](N)c1cc(F)ccc1Cl. The van der Waals surface area contributed by atoms with E-state index in [1.807, 2.05) is 0 Å². The maximum Gasteiger partial charge on any atom is 0.123 e. The molecule has 0 heterocycles. The minimum absolute atomic E-state index is 0.209. The summed E-state index contributed by atoms with van der Waals surface area (Å²) in [5.74, 6) is -0.302. The summed E-state index contributed by atoms with van der Waals surface area (Å²) in [6.07, 6.45) is 2.64. The normalized spacial score (nSPS) is 12.8. The van der Waals surface area contributed by atoms with Gasteiger partial charge >= 0.3 is 0 Å². The van der Waals surface area contributed by atoms with Gasteiger partial charge in [0, 0.05) is 11.1 Å². The Kier molecular flexibility index (Phi) is 5.02. The second kappa shape index (κ2) is 6.05. The highest BCUT2D eigenvalue weighted by molar-refractivity contribution is 6.31. The van der Waals surface area contributed by atoms with Crippen LogP contribution in [0, 0.1) is 5.82 Å². The molecule has 0 aliphatic carbocycles. The lowest BCUT2D eigenvalue weighted by Crippen LogP contribution is -2.12. The van der Waals surface area contributed by atoms with Gasteiger partial charge < -0.3 is 11.5 Å². The zero-order valence-corrected chi connectivity index (χ0v) is 9.30. The Morgan fingerprint density at radius 2 is 2.07 bits per heavy atom. The van der Waals surface area contributed by atoms with E-state index in [1.54, 1.807) is 0 Å². The molecule has 1 aromatic rings. The number of hydrogen-bond acceptors (Lipinski definition) is 2. The number of hydrogen-bond donors (Lipinski definition) is 2. The first-order valence-corrected chi connectivity index (χ1v) is 5.43. The van der Waals surface area contributed by atoms with Crippen LogP contribution in [0.4, 0.5) is 4.39 Å². The molecule has 0 aromatic heterocycles. The van der Waals surface area contributed by atoms with Crippen molar-refractivity contribution >= 4 is 11.6 Å². The van der Waals surface area contributed by atoms with E-state index < -0.39 is 0 Å². The Balaban J connectivity index is 2.64. The lowest BCUT2D eigenvalue weighted by atomic mass is 10.0. The van der Waals surface area contributed by atoms with Gasteiger partial charge in [0.25, 0.3) is 0 Å². The van der Waals surface area contributed by atoms with Gasteiger partial charge in [-0.05, 0) is 43.1 Å². The van der Waals surface area contributed by atoms with Crippen LogP contribution in [0.3, 0.4) is 0 Å². The molecule has 0 saturated carbocycles. The zero-order chi connectivity index (χ0) is 11.3. The predicted octanol–water partition coefficient (Wildman–Crippen LogP) is 2.61. The van der Waals surface area contributed by atoms with E-state index in [0.29, 0.717) is 17.1 Å². The van der Waals surface area contributed by atoms with Crippen molar-refractivity contribution in [1.29, 1.82) is 0 Å². The zero-order valence-electron chi connectivity index (χ0n) is 8.55. The molecular formula is C11H16ClFN2. The minimum atomic E-state index is -0.302. The molecule has 0 radical (unpaired) electrons. The average molecular weight is 231 g/mol. The van der Waals surface area contributed by atoms with Crippen molar-refractivity contribution in [3.8, 4) is 0 Å². The van der Waals surface area contributed by atoms with Gasteiger partial charge in [-0.15, -0.1) is 0 Å². The molecule has 4 N–H and O–H groups in total. The molecule has 0 amide bonds. The summed E-state index contributed by atoms with van der Waals surface area (Å²) in [6.45, 7) is 0.656. The first-order valence-electron chi connectivity index (χ1n) is 5.05. The molecule has 0 bridgehead atoms. The lowest BCUT2D eigenvalue weighted by Gasteiger charge is -2.13. The van der Waals surface area contributed by atoms with Crippen molar-refractivity contribution in [2.75, 3.05) is 6.54 Å². The maximum atomic E-state index is 13.0. The maximum absolute atomic E-state index is 13.0. The van der Waals surface area contributed by atoms with E-state index in [0.717, 1.165) is 19.3 Å². The van der Waals surface area contributed by atoms with Crippen LogP contribution < -0.4 is 11.5 Å². The van der Waals surface area contributed by atoms with Crippen molar-refractivity contribution in [3.05, 3.63) is 34.6 Å². The predicted molar refractivity (Wildman–Crippen MR) is 61.2 cm³/mol. The van der Waals surface area contributed by atoms with Crippen molar-refractivity contribution in [1.82, 2.24) is 0 Å². The molecular weight excluding hydrogens is 215 g/mol. The van der Waals surface area contributed by atoms with Crippen LogP contribution in [0.25, 0.3) is 0 Å². The molecule has 2 nitrogen and oxygen atoms in total. The van der Waals surface area contributed by atoms with E-state index >= 15 is 0 Å². The van der Waals surface area contributed by atoms with Gasteiger partial charge in [0.1, 0.15) is 5.82 Å². The third-order valence-electron chi connectivity index (χ3n) is 2.33. The molecule has 0 aliphatic rings. The Bertz CT molecular complexity index is 317. The average Bonchev–Trinajstić information content (AvgIpc) is 2.22. The Labute approximate surface area is 94.4 Å². The van der Waals surface area contributed by atoms with Gasteiger partial charge in [0.2, 0.25) is 0 Å². The summed E-state index contributed by atoms with van der Waals surface area (Å²) in [5, 5.41) is 0.525. The molecule has 1 aromatic carbocycles. The van der Waals surface area contributed by atoms with Crippen LogP contribution in [0.2, 0.25) is 5.02 Å². The van der Waals surface area contributed by atoms with Gasteiger partial charge in [-0.1, -0.05) is 18.0 Å². The van der Waals surface area contributed by atoms with Crippen LogP contribution in [0.15, 0.2) is 18.2 Å². The molecule has 15 heavy (non-hydrogen) atoms. The Morgan fingerprint density at radius 3 is 2.73 bits per heavy atom. The van der Waals surface area contributed by atoms with Crippen molar-refractivity contribution < 1.29 is 4.39 Å². The summed E-state index contributed by atoms with van der Waals surface area (Å²) in [4.78, 5) is 0. The van der Waals surface area contributed by atoms with Gasteiger partial charge in [-0.2, -0.15) is 0 Å². The van der Waals surface area contributed by atoms with Crippen molar-refractivity contribution in [2.24, 2.45) is 11.5 Å². The van der Waals surface area contributed by atoms with Crippen LogP contribution in [-0.2, 0) is 0 Å². The van der Waals surface area contributed by atoms with Gasteiger partial charge in [0.05, 0.1) is 0 Å². The molecule has 0 saturated heterocycles. The second-order valence-electron chi connectivity index (χ2n) is 3.56. The lowest BCUT2D eigenvalue weighted by molar-refractivity contribution is 0.580. The molecule has 0 fully saturated rings. The molecule has 1 atom stereocenters. The largest absolute Gasteiger partial charge is 0.330 e. The van der Waals surface area contributed by atoms with Crippen LogP contribution in [0.5, 0.6) is 0 Å². The number of unbranched alkanes of at least 4 members (excludes halogenated alkanes) is 1. The van der Waals surface area contributed by atoms with Gasteiger partial charge in [0.15, 0.2) is 0 Å². The number of nitrogens with two attached hydrogens (primary N) is 2. The van der Waals surface area contributed by atoms with Crippen LogP contribution in [0.1, 0.15) is 30.9 Å². The monoisotopic (exact) mass is 230 g/mol. The minimum Gasteiger partial charge on any atom is -0.330 e. The fraction of sp³-hybridized carbons (Fsp3) is 0.455. The van der Waals surface area contributed by atoms with E-state index in [-0.39, 0.29) is 11.9 Å². The van der Waals surface area contributed by atoms with Crippen molar-refractivity contribution in [3.63, 3.8) is 0 Å². The first-order chi connectivity index (χ1) is 7.15. The van der Waals surface area contributed by atoms with Gasteiger partial charge in [-0.3, -0.25) is 0 Å². The van der Waals surface area contributed by atoms with E-state index in [9.17, 15) is 4.39 Å². The smallest absolute Gasteiger partial charge is 0.123 e. The van der Waals surface area contributed by atoms with Crippen LogP contribution in [-0.4, -0.2) is 6.54 Å². The molecule has 1 rings (SSSR count). The highest BCUT2D eigenvalue weighted by atomic mass is 35.5. The summed E-state index contributed by atoms with van der Waals surface area (Å²) in [5.41, 5.74) is 12.0. The molecule has 0 unspecified atom stereocenters. The summed E-state index contributed by atoms with van der Waals surface area (Å²) in [7, 11) is 0. The quantitative estimate of drug-likeness (QED) is 0.764. The molecule has 0 aliphatic heterocycles. The highest BCUT2D eigenvalue weighted by Gasteiger charge is 2.10. The fourth-order valence-corrected chi connectivity index (χ4v) is 1.72. The van der Waals surface area contributed by atoms with E-state index in [2.05, 4.69) is 0 Å². The summed E-state index contributed by atoms with van der Waals surface area (Å²) in [6, 6.07) is 4.06. The van der Waals surface area contributed by atoms with E-state index in [1.165, 1.54) is 18.2 Å². The standard InChI is InChI=1S/C11H16ClFN2/c12-10-5-4-8(13)7-9(10)11(15)3-1-2-6-14/h4-5,7,11H,1-3,6,14-15H2/t11-/m1/s1. The number of benzene rings is 1. The number of rotatable bonds is 5. The fourth-order valence-electron chi connectivity index (χ4n) is 1.46. The summed E-state index contributed by atoms with van der Waals surface area (Å²) < 4.78 is 13.0. The summed E-state index contributed by atoms with van der Waals surface area (Å²) >= 11 is 5.93. The van der Waals surface area contributed by atoms with Crippen LogP contribution >= 0.6 is 11.6 Å². The Morgan fingerprint density at radius 1 is 1.33 bits per heavy atom. The van der Waals surface area contributed by atoms with Crippen molar-refractivity contribution in [2.45, 2.75) is 25.3 Å². The van der Waals surface area contributed by atoms with Gasteiger partial charge in [-0.25, -0.2) is 4.39 Å². The second-order valence-corrected chi connectivity index (χ2v) is 3.96. The number of halogens is 2. The molecule has 0 spiro atoms. The molecule has 4 heteroatoms. The third kappa shape index (κ3) is 3.78. The van der Waals surface area contributed by atoms with E-state index in [4.69, 9.17) is 23.1 Å². The Hall–Kier alpha value is -0.640. The topological polar surface area (TPSA) is 52.0 Å². The third-order valence-corrected chi connectivity index (χ3v) is 2.67. The first kappa shape index (κ1) is 12.4. The highest BCUT2D eigenvalue weighted by Crippen LogP contribution is 2.25. The molecule has 84 valence electrons.